The third-order valence-electron chi connectivity index (χ3n) is 5.62. The standard InChI is InChI=1S/C22H26F3N3O5S/c1-3-34(31,32)28-21-17(26-12-22(21,24)25)10-15-6-4-5-14(20(15)23)9-16-13(2)7-8-18(27-16)33-11-19(29)30/h4-8,17,21,26,28H,3,9-12H2,1-2H3,(H,29,30)/t17-,21+/m0/s1. The van der Waals surface area contributed by atoms with Crippen LogP contribution in [0.25, 0.3) is 0 Å². The van der Waals surface area contributed by atoms with Crippen LogP contribution in [0.4, 0.5) is 13.2 Å². The van der Waals surface area contributed by atoms with E-state index in [4.69, 9.17) is 9.84 Å². The molecule has 1 aromatic heterocycles. The summed E-state index contributed by atoms with van der Waals surface area (Å²) in [6.45, 7) is 1.82. The predicted octanol–water partition coefficient (Wildman–Crippen LogP) is 2.04. The Hall–Kier alpha value is -2.70. The van der Waals surface area contributed by atoms with Gasteiger partial charge in [-0.05, 0) is 37.0 Å². The van der Waals surface area contributed by atoms with E-state index in [0.717, 1.165) is 5.56 Å². The summed E-state index contributed by atoms with van der Waals surface area (Å²) >= 11 is 0. The highest BCUT2D eigenvalue weighted by Crippen LogP contribution is 2.30. The Morgan fingerprint density at radius 3 is 2.68 bits per heavy atom. The van der Waals surface area contributed by atoms with Crippen molar-refractivity contribution in [2.24, 2.45) is 0 Å². The molecule has 186 valence electrons. The molecule has 0 radical (unpaired) electrons. The van der Waals surface area contributed by atoms with Crippen LogP contribution in [0.15, 0.2) is 30.3 Å². The van der Waals surface area contributed by atoms with E-state index in [1.807, 2.05) is 4.72 Å². The van der Waals surface area contributed by atoms with E-state index >= 15 is 4.39 Å². The minimum Gasteiger partial charge on any atom is -0.479 e. The monoisotopic (exact) mass is 501 g/mol. The number of aromatic nitrogens is 1. The highest BCUT2D eigenvalue weighted by atomic mass is 32.2. The van der Waals surface area contributed by atoms with Gasteiger partial charge >= 0.3 is 5.97 Å². The average molecular weight is 502 g/mol. The number of benzene rings is 1. The smallest absolute Gasteiger partial charge is 0.341 e. The van der Waals surface area contributed by atoms with Crippen molar-refractivity contribution >= 4 is 16.0 Å². The number of sulfonamides is 1. The zero-order chi connectivity index (χ0) is 25.1. The maximum atomic E-state index is 15.3. The highest BCUT2D eigenvalue weighted by molar-refractivity contribution is 7.89. The van der Waals surface area contributed by atoms with Gasteiger partial charge in [0.1, 0.15) is 11.9 Å². The van der Waals surface area contributed by atoms with E-state index in [2.05, 4.69) is 10.3 Å². The quantitative estimate of drug-likeness (QED) is 0.456. The second-order valence-electron chi connectivity index (χ2n) is 8.11. The van der Waals surface area contributed by atoms with Gasteiger partial charge in [0.05, 0.1) is 18.0 Å². The Labute approximate surface area is 195 Å². The lowest BCUT2D eigenvalue weighted by molar-refractivity contribution is -0.139. The van der Waals surface area contributed by atoms with Crippen LogP contribution >= 0.6 is 0 Å². The second-order valence-corrected chi connectivity index (χ2v) is 10.2. The molecule has 1 aromatic carbocycles. The first-order valence-electron chi connectivity index (χ1n) is 10.6. The first-order chi connectivity index (χ1) is 15.9. The predicted molar refractivity (Wildman–Crippen MR) is 118 cm³/mol. The Kier molecular flexibility index (Phi) is 7.84. The van der Waals surface area contributed by atoms with E-state index < -0.39 is 53.0 Å². The molecule has 1 aliphatic rings. The molecule has 12 heteroatoms. The van der Waals surface area contributed by atoms with E-state index in [9.17, 15) is 22.0 Å². The van der Waals surface area contributed by atoms with E-state index in [0.29, 0.717) is 5.69 Å². The zero-order valence-corrected chi connectivity index (χ0v) is 19.5. The number of carboxylic acid groups (broad SMARTS) is 1. The maximum Gasteiger partial charge on any atom is 0.341 e. The van der Waals surface area contributed by atoms with Crippen molar-refractivity contribution in [2.75, 3.05) is 18.9 Å². The third-order valence-corrected chi connectivity index (χ3v) is 6.99. The lowest BCUT2D eigenvalue weighted by Gasteiger charge is -2.24. The first kappa shape index (κ1) is 25.9. The summed E-state index contributed by atoms with van der Waals surface area (Å²) in [5.41, 5.74) is 1.62. The highest BCUT2D eigenvalue weighted by Gasteiger charge is 2.51. The van der Waals surface area contributed by atoms with Crippen LogP contribution in [-0.4, -0.2) is 61.4 Å². The van der Waals surface area contributed by atoms with Crippen molar-refractivity contribution in [1.82, 2.24) is 15.0 Å². The fraction of sp³-hybridized carbons (Fsp3) is 0.455. The number of halogens is 3. The van der Waals surface area contributed by atoms with Crippen molar-refractivity contribution < 1.29 is 36.2 Å². The maximum absolute atomic E-state index is 15.3. The Balaban J connectivity index is 1.81. The van der Waals surface area contributed by atoms with E-state index in [-0.39, 0.29) is 35.6 Å². The molecular formula is C22H26F3N3O5S. The average Bonchev–Trinajstić information content (AvgIpc) is 3.04. The molecule has 2 heterocycles. The van der Waals surface area contributed by atoms with Crippen LogP contribution in [0.2, 0.25) is 0 Å². The minimum absolute atomic E-state index is 0.0654. The number of rotatable bonds is 10. The Bertz CT molecular complexity index is 1160. The number of nitrogens with zero attached hydrogens (tertiary/aromatic N) is 1. The van der Waals surface area contributed by atoms with Crippen LogP contribution in [0.1, 0.15) is 29.3 Å². The summed E-state index contributed by atoms with van der Waals surface area (Å²) < 4.78 is 75.0. The Morgan fingerprint density at radius 1 is 1.29 bits per heavy atom. The zero-order valence-electron chi connectivity index (χ0n) is 18.6. The van der Waals surface area contributed by atoms with Crippen LogP contribution in [0.3, 0.4) is 0 Å². The summed E-state index contributed by atoms with van der Waals surface area (Å²) in [6.07, 6.45) is -0.0870. The summed E-state index contributed by atoms with van der Waals surface area (Å²) in [5, 5.41) is 11.4. The summed E-state index contributed by atoms with van der Waals surface area (Å²) in [4.78, 5) is 15.0. The molecule has 0 bridgehead atoms. The second kappa shape index (κ2) is 10.3. The van der Waals surface area contributed by atoms with Gasteiger partial charge in [-0.3, -0.25) is 0 Å². The van der Waals surface area contributed by atoms with Gasteiger partial charge in [0.25, 0.3) is 5.92 Å². The largest absolute Gasteiger partial charge is 0.479 e. The number of carboxylic acids is 1. The van der Waals surface area contributed by atoms with Gasteiger partial charge in [0.15, 0.2) is 6.61 Å². The van der Waals surface area contributed by atoms with Gasteiger partial charge in [-0.1, -0.05) is 24.3 Å². The number of ether oxygens (including phenoxy) is 1. The van der Waals surface area contributed by atoms with Crippen LogP contribution in [-0.2, 0) is 27.7 Å². The molecule has 8 nitrogen and oxygen atoms in total. The van der Waals surface area contributed by atoms with Gasteiger partial charge in [-0.25, -0.2) is 36.1 Å². The van der Waals surface area contributed by atoms with Crippen molar-refractivity contribution in [1.29, 1.82) is 0 Å². The topological polar surface area (TPSA) is 118 Å². The number of hydrogen-bond donors (Lipinski definition) is 3. The van der Waals surface area contributed by atoms with E-state index in [1.54, 1.807) is 25.1 Å². The summed E-state index contributed by atoms with van der Waals surface area (Å²) in [5.74, 6) is -5.35. The number of nitrogens with one attached hydrogen (secondary N) is 2. The molecule has 3 N–H and O–H groups in total. The summed E-state index contributed by atoms with van der Waals surface area (Å²) in [7, 11) is -3.90. The molecule has 0 aliphatic carbocycles. The number of hydrogen-bond acceptors (Lipinski definition) is 6. The number of carbonyl (C=O) groups is 1. The van der Waals surface area contributed by atoms with Crippen LogP contribution in [0, 0.1) is 12.7 Å². The molecule has 0 saturated carbocycles. The number of pyridine rings is 1. The Morgan fingerprint density at radius 2 is 2.00 bits per heavy atom. The van der Waals surface area contributed by atoms with Gasteiger partial charge in [-0.15, -0.1) is 0 Å². The normalized spacial score (nSPS) is 19.8. The summed E-state index contributed by atoms with van der Waals surface area (Å²) in [6, 6.07) is 5.08. The number of aliphatic carboxylic acids is 1. The molecule has 0 unspecified atom stereocenters. The van der Waals surface area contributed by atoms with Crippen molar-refractivity contribution in [3.63, 3.8) is 0 Å². The number of alkyl halides is 2. The lowest BCUT2D eigenvalue weighted by Crippen LogP contribution is -2.51. The third kappa shape index (κ3) is 6.24. The van der Waals surface area contributed by atoms with Gasteiger partial charge in [0.2, 0.25) is 15.9 Å². The van der Waals surface area contributed by atoms with Crippen molar-refractivity contribution in [2.45, 2.75) is 44.7 Å². The first-order valence-corrected chi connectivity index (χ1v) is 12.3. The van der Waals surface area contributed by atoms with Gasteiger partial charge in [0, 0.05) is 18.5 Å². The minimum atomic E-state index is -3.90. The molecule has 2 atom stereocenters. The van der Waals surface area contributed by atoms with Crippen LogP contribution < -0.4 is 14.8 Å². The van der Waals surface area contributed by atoms with Gasteiger partial charge in [-0.2, -0.15) is 0 Å². The molecule has 1 saturated heterocycles. The molecule has 0 amide bonds. The van der Waals surface area contributed by atoms with Crippen LogP contribution in [0.5, 0.6) is 5.88 Å². The molecule has 1 aliphatic heterocycles. The van der Waals surface area contributed by atoms with Gasteiger partial charge < -0.3 is 15.2 Å². The van der Waals surface area contributed by atoms with Crippen molar-refractivity contribution in [3.8, 4) is 5.88 Å². The fourth-order valence-corrected chi connectivity index (χ4v) is 4.61. The van der Waals surface area contributed by atoms with Crippen molar-refractivity contribution in [3.05, 3.63) is 58.5 Å². The molecule has 3 rings (SSSR count). The molecule has 2 aromatic rings. The molecule has 0 spiro atoms. The molecular weight excluding hydrogens is 475 g/mol. The molecule has 34 heavy (non-hydrogen) atoms. The molecule has 1 fully saturated rings. The lowest BCUT2D eigenvalue weighted by atomic mass is 9.96. The SMILES string of the molecule is CCS(=O)(=O)N[C@@H]1[C@H](Cc2cccc(Cc3nc(OCC(=O)O)ccc3C)c2F)NCC1(F)F. The fourth-order valence-electron chi connectivity index (χ4n) is 3.71. The number of aryl methyl sites for hydroxylation is 1. The van der Waals surface area contributed by atoms with E-state index in [1.165, 1.54) is 19.1 Å².